The third-order valence-corrected chi connectivity index (χ3v) is 7.04. The first kappa shape index (κ1) is 18.2. The smallest absolute Gasteiger partial charge is 0.351 e. The number of ketones is 1. The Kier molecular flexibility index (Phi) is 3.83. The Bertz CT molecular complexity index is 796. The summed E-state index contributed by atoms with van der Waals surface area (Å²) in [4.78, 5) is 37.7. The van der Waals surface area contributed by atoms with E-state index in [4.69, 9.17) is 14.2 Å². The summed E-state index contributed by atoms with van der Waals surface area (Å²) in [5.74, 6) is -2.55. The van der Waals surface area contributed by atoms with Crippen molar-refractivity contribution in [3.63, 3.8) is 0 Å². The summed E-state index contributed by atoms with van der Waals surface area (Å²) in [6.07, 6.45) is 0.891. The highest BCUT2D eigenvalue weighted by Gasteiger charge is 2.70. The molecule has 146 valence electrons. The molecular formula is C20H24O7. The van der Waals surface area contributed by atoms with Crippen molar-refractivity contribution in [1.29, 1.82) is 0 Å². The van der Waals surface area contributed by atoms with Crippen molar-refractivity contribution in [2.75, 3.05) is 0 Å². The minimum atomic E-state index is -1.39. The molecule has 0 amide bonds. The van der Waals surface area contributed by atoms with Gasteiger partial charge in [-0.25, -0.2) is 4.79 Å². The van der Waals surface area contributed by atoms with Gasteiger partial charge in [0.2, 0.25) is 0 Å². The van der Waals surface area contributed by atoms with Crippen LogP contribution in [-0.2, 0) is 28.6 Å². The van der Waals surface area contributed by atoms with Gasteiger partial charge in [-0.2, -0.15) is 0 Å². The van der Waals surface area contributed by atoms with E-state index >= 15 is 0 Å². The summed E-state index contributed by atoms with van der Waals surface area (Å²) in [6, 6.07) is 0. The minimum Gasteiger partial charge on any atom is -0.481 e. The highest BCUT2D eigenvalue weighted by molar-refractivity contribution is 6.22. The van der Waals surface area contributed by atoms with Crippen molar-refractivity contribution in [2.24, 2.45) is 17.3 Å². The number of fused-ring (bicyclic) bond motifs is 4. The third kappa shape index (κ3) is 2.21. The van der Waals surface area contributed by atoms with Crippen molar-refractivity contribution in [3.8, 4) is 0 Å². The van der Waals surface area contributed by atoms with Crippen LogP contribution in [0, 0.1) is 17.3 Å². The van der Waals surface area contributed by atoms with E-state index in [2.05, 4.69) is 6.58 Å². The molecule has 0 spiro atoms. The molecule has 4 rings (SSSR count). The lowest BCUT2D eigenvalue weighted by Crippen LogP contribution is -2.70. The summed E-state index contributed by atoms with van der Waals surface area (Å²) in [7, 11) is 0. The normalized spacial score (nSPS) is 43.3. The van der Waals surface area contributed by atoms with Crippen molar-refractivity contribution in [1.82, 2.24) is 0 Å². The maximum atomic E-state index is 13.6. The first-order valence-electron chi connectivity index (χ1n) is 9.39. The largest absolute Gasteiger partial charge is 0.481 e. The first-order valence-corrected chi connectivity index (χ1v) is 9.39. The van der Waals surface area contributed by atoms with E-state index in [0.29, 0.717) is 12.8 Å². The number of cyclic esters (lactones) is 1. The van der Waals surface area contributed by atoms with Crippen LogP contribution in [0.1, 0.15) is 46.5 Å². The summed E-state index contributed by atoms with van der Waals surface area (Å²) in [6.45, 7) is 8.59. The fourth-order valence-corrected chi connectivity index (χ4v) is 5.59. The van der Waals surface area contributed by atoms with Gasteiger partial charge in [0.05, 0.1) is 0 Å². The molecule has 2 bridgehead atoms. The molecule has 0 aromatic carbocycles. The van der Waals surface area contributed by atoms with E-state index in [1.165, 1.54) is 6.92 Å². The Morgan fingerprint density at radius 1 is 1.33 bits per heavy atom. The molecule has 0 aromatic rings. The number of hydrogen-bond donors (Lipinski definition) is 1. The molecule has 7 nitrogen and oxygen atoms in total. The van der Waals surface area contributed by atoms with Gasteiger partial charge in [-0.1, -0.05) is 33.3 Å². The van der Waals surface area contributed by atoms with Gasteiger partial charge in [-0.05, 0) is 12.8 Å². The van der Waals surface area contributed by atoms with E-state index in [9.17, 15) is 19.5 Å². The maximum Gasteiger partial charge on any atom is 0.351 e. The summed E-state index contributed by atoms with van der Waals surface area (Å²) in [5, 5.41) is 11.7. The fraction of sp³-hybridized carbons (Fsp3) is 0.650. The Hall–Kier alpha value is -2.15. The van der Waals surface area contributed by atoms with Gasteiger partial charge in [-0.3, -0.25) is 9.59 Å². The zero-order valence-corrected chi connectivity index (χ0v) is 15.7. The molecular weight excluding hydrogens is 352 g/mol. The average molecular weight is 376 g/mol. The molecule has 2 heterocycles. The lowest BCUT2D eigenvalue weighted by molar-refractivity contribution is -0.255. The predicted octanol–water partition coefficient (Wildman–Crippen LogP) is 1.79. The number of rotatable bonds is 1. The SMILES string of the molecule is C=C1OC(=O)C2=C1OC1C(OC(C)=O)C3(O)CCCCC3C(C)(C2=O)C1C. The van der Waals surface area contributed by atoms with Crippen LogP contribution in [0.25, 0.3) is 0 Å². The predicted molar refractivity (Wildman–Crippen MR) is 91.9 cm³/mol. The van der Waals surface area contributed by atoms with Crippen LogP contribution in [0.15, 0.2) is 23.7 Å². The number of esters is 2. The van der Waals surface area contributed by atoms with Crippen LogP contribution >= 0.6 is 0 Å². The molecule has 0 aromatic heterocycles. The van der Waals surface area contributed by atoms with Gasteiger partial charge in [0.1, 0.15) is 17.3 Å². The third-order valence-electron chi connectivity index (χ3n) is 7.04. The van der Waals surface area contributed by atoms with E-state index in [1.807, 2.05) is 6.92 Å². The molecule has 0 saturated heterocycles. The summed E-state index contributed by atoms with van der Waals surface area (Å²) >= 11 is 0. The zero-order chi connectivity index (χ0) is 19.7. The molecule has 1 N–H and O–H groups in total. The van der Waals surface area contributed by atoms with Crippen LogP contribution < -0.4 is 0 Å². The monoisotopic (exact) mass is 376 g/mol. The summed E-state index contributed by atoms with van der Waals surface area (Å²) in [5.41, 5.74) is -2.58. The Balaban J connectivity index is 1.94. The lowest BCUT2D eigenvalue weighted by atomic mass is 9.48. The standard InChI is InChI=1S/C20H24O7/c1-9-14-17(26-11(3)21)20(24)8-6-5-7-12(20)19(9,4)16(22)13-15(27-14)10(2)25-18(13)23/h9,12,14,17,24H,2,5-8H2,1,3-4H3. The van der Waals surface area contributed by atoms with Crippen LogP contribution in [0.4, 0.5) is 0 Å². The number of ether oxygens (including phenoxy) is 3. The molecule has 2 aliphatic heterocycles. The first-order chi connectivity index (χ1) is 12.6. The number of Topliss-reactive ketones (excluding diaryl/α,β-unsaturated/α-hetero) is 1. The van der Waals surface area contributed by atoms with Crippen LogP contribution in [0.3, 0.4) is 0 Å². The minimum absolute atomic E-state index is 0.00461. The second-order valence-corrected chi connectivity index (χ2v) is 8.32. The van der Waals surface area contributed by atoms with E-state index < -0.39 is 41.1 Å². The van der Waals surface area contributed by atoms with Crippen molar-refractivity contribution < 1.29 is 33.7 Å². The molecule has 2 aliphatic carbocycles. The van der Waals surface area contributed by atoms with Crippen LogP contribution in [-0.4, -0.2) is 40.6 Å². The second kappa shape index (κ2) is 5.67. The van der Waals surface area contributed by atoms with Crippen molar-refractivity contribution in [3.05, 3.63) is 23.7 Å². The highest BCUT2D eigenvalue weighted by Crippen LogP contribution is 2.60. The van der Waals surface area contributed by atoms with Crippen molar-refractivity contribution in [2.45, 2.75) is 64.3 Å². The second-order valence-electron chi connectivity index (χ2n) is 8.32. The van der Waals surface area contributed by atoms with Crippen molar-refractivity contribution >= 4 is 17.7 Å². The summed E-state index contributed by atoms with van der Waals surface area (Å²) < 4.78 is 16.6. The fourth-order valence-electron chi connectivity index (χ4n) is 5.59. The molecule has 2 saturated carbocycles. The molecule has 7 heteroatoms. The van der Waals surface area contributed by atoms with Gasteiger partial charge in [0.25, 0.3) is 0 Å². The zero-order valence-electron chi connectivity index (χ0n) is 15.7. The number of carbonyl (C=O) groups excluding carboxylic acids is 3. The topological polar surface area (TPSA) is 99.1 Å². The Morgan fingerprint density at radius 2 is 2.04 bits per heavy atom. The quantitative estimate of drug-likeness (QED) is 0.550. The van der Waals surface area contributed by atoms with Crippen LogP contribution in [0.2, 0.25) is 0 Å². The van der Waals surface area contributed by atoms with Gasteiger partial charge in [-0.15, -0.1) is 0 Å². The van der Waals surface area contributed by atoms with Crippen LogP contribution in [0.5, 0.6) is 0 Å². The van der Waals surface area contributed by atoms with Gasteiger partial charge in [0.15, 0.2) is 23.4 Å². The number of hydrogen-bond acceptors (Lipinski definition) is 7. The molecule has 27 heavy (non-hydrogen) atoms. The molecule has 6 unspecified atom stereocenters. The van der Waals surface area contributed by atoms with E-state index in [-0.39, 0.29) is 28.8 Å². The lowest BCUT2D eigenvalue weighted by Gasteiger charge is -2.59. The molecule has 6 atom stereocenters. The highest BCUT2D eigenvalue weighted by atomic mass is 16.6. The van der Waals surface area contributed by atoms with Gasteiger partial charge in [0, 0.05) is 24.2 Å². The Morgan fingerprint density at radius 3 is 2.70 bits per heavy atom. The molecule has 2 fully saturated rings. The number of aliphatic hydroxyl groups is 1. The number of carbonyl (C=O) groups is 3. The Labute approximate surface area is 157 Å². The van der Waals surface area contributed by atoms with E-state index in [1.54, 1.807) is 6.92 Å². The molecule has 4 aliphatic rings. The average Bonchev–Trinajstić information content (AvgIpc) is 2.84. The maximum absolute atomic E-state index is 13.6. The van der Waals surface area contributed by atoms with Gasteiger partial charge < -0.3 is 19.3 Å². The van der Waals surface area contributed by atoms with E-state index in [0.717, 1.165) is 12.8 Å². The van der Waals surface area contributed by atoms with Gasteiger partial charge >= 0.3 is 11.9 Å². The molecule has 0 radical (unpaired) electrons.